The number of hydrogen-bond donors (Lipinski definition) is 2. The van der Waals surface area contributed by atoms with Crippen LogP contribution in [0.25, 0.3) is 0 Å². The molecule has 0 unspecified atom stereocenters. The number of methoxy groups -OCH3 is 1. The van der Waals surface area contributed by atoms with Crippen LogP contribution in [0.2, 0.25) is 0 Å². The smallest absolute Gasteiger partial charge is 0.226 e. The fraction of sp³-hybridized carbons (Fsp3) is 0.417. The minimum atomic E-state index is -0.0944. The number of rotatable bonds is 6. The van der Waals surface area contributed by atoms with Crippen LogP contribution in [-0.2, 0) is 9.53 Å². The van der Waals surface area contributed by atoms with E-state index in [4.69, 9.17) is 15.2 Å². The number of nitrogen functional groups attached to an aromatic ring is 1. The number of hydrogen-bond acceptors (Lipinski definition) is 4. The molecule has 0 heterocycles. The van der Waals surface area contributed by atoms with Crippen LogP contribution in [0.4, 0.5) is 11.4 Å². The van der Waals surface area contributed by atoms with E-state index in [1.807, 2.05) is 6.92 Å². The van der Waals surface area contributed by atoms with Crippen molar-refractivity contribution in [1.82, 2.24) is 0 Å². The van der Waals surface area contributed by atoms with Crippen LogP contribution < -0.4 is 15.8 Å². The number of nitrogens with two attached hydrogens (primary N) is 1. The van der Waals surface area contributed by atoms with Crippen molar-refractivity contribution in [2.75, 3.05) is 31.4 Å². The molecule has 0 aliphatic rings. The van der Waals surface area contributed by atoms with E-state index in [0.717, 1.165) is 0 Å². The summed E-state index contributed by atoms with van der Waals surface area (Å²) in [6, 6.07) is 5.12. The molecule has 0 saturated carbocycles. The molecule has 0 spiro atoms. The number of carbonyl (C=O) groups is 1. The van der Waals surface area contributed by atoms with Gasteiger partial charge in [-0.15, -0.1) is 0 Å². The van der Waals surface area contributed by atoms with Gasteiger partial charge in [-0.25, -0.2) is 0 Å². The normalized spacial score (nSPS) is 10.0. The Balaban J connectivity index is 2.51. The number of amides is 1. The second-order valence-corrected chi connectivity index (χ2v) is 3.45. The van der Waals surface area contributed by atoms with Crippen molar-refractivity contribution in [3.8, 4) is 5.75 Å². The van der Waals surface area contributed by atoms with Crippen LogP contribution >= 0.6 is 0 Å². The molecule has 17 heavy (non-hydrogen) atoms. The number of benzene rings is 1. The highest BCUT2D eigenvalue weighted by Crippen LogP contribution is 2.24. The lowest BCUT2D eigenvalue weighted by atomic mass is 10.2. The van der Waals surface area contributed by atoms with Gasteiger partial charge in [0.15, 0.2) is 0 Å². The molecule has 1 aromatic carbocycles. The van der Waals surface area contributed by atoms with Crippen molar-refractivity contribution < 1.29 is 14.3 Å². The van der Waals surface area contributed by atoms with Gasteiger partial charge in [-0.1, -0.05) is 0 Å². The first-order chi connectivity index (χ1) is 8.17. The van der Waals surface area contributed by atoms with E-state index in [1.165, 1.54) is 0 Å². The summed E-state index contributed by atoms with van der Waals surface area (Å²) in [7, 11) is 1.55. The van der Waals surface area contributed by atoms with Gasteiger partial charge in [0.25, 0.3) is 0 Å². The van der Waals surface area contributed by atoms with Gasteiger partial charge in [-0.2, -0.15) is 0 Å². The van der Waals surface area contributed by atoms with E-state index in [0.29, 0.717) is 36.8 Å². The van der Waals surface area contributed by atoms with Gasteiger partial charge in [0.05, 0.1) is 25.8 Å². The molecule has 1 rings (SSSR count). The van der Waals surface area contributed by atoms with E-state index < -0.39 is 0 Å². The molecule has 94 valence electrons. The molecule has 0 atom stereocenters. The first-order valence-corrected chi connectivity index (χ1v) is 5.48. The SMILES string of the molecule is CCOCCC(=O)Nc1ccc(OC)c(N)c1. The zero-order valence-corrected chi connectivity index (χ0v) is 10.2. The lowest BCUT2D eigenvalue weighted by Crippen LogP contribution is -2.14. The Morgan fingerprint density at radius 1 is 1.47 bits per heavy atom. The molecule has 0 aliphatic heterocycles. The summed E-state index contributed by atoms with van der Waals surface area (Å²) < 4.78 is 10.1. The number of ether oxygens (including phenoxy) is 2. The van der Waals surface area contributed by atoms with E-state index in [-0.39, 0.29) is 5.91 Å². The molecule has 3 N–H and O–H groups in total. The molecule has 0 aliphatic carbocycles. The van der Waals surface area contributed by atoms with Gasteiger partial charge >= 0.3 is 0 Å². The van der Waals surface area contributed by atoms with Gasteiger partial charge in [0, 0.05) is 12.3 Å². The standard InChI is InChI=1S/C12H18N2O3/c1-3-17-7-6-12(15)14-9-4-5-11(16-2)10(13)8-9/h4-5,8H,3,6-7,13H2,1-2H3,(H,14,15). The van der Waals surface area contributed by atoms with Gasteiger partial charge in [0.1, 0.15) is 5.75 Å². The Hall–Kier alpha value is -1.75. The lowest BCUT2D eigenvalue weighted by molar-refractivity contribution is -0.117. The highest BCUT2D eigenvalue weighted by Gasteiger charge is 2.04. The number of carbonyl (C=O) groups excluding carboxylic acids is 1. The quantitative estimate of drug-likeness (QED) is 0.583. The minimum Gasteiger partial charge on any atom is -0.495 e. The number of nitrogens with one attached hydrogen (secondary N) is 1. The van der Waals surface area contributed by atoms with E-state index in [9.17, 15) is 4.79 Å². The zero-order valence-electron chi connectivity index (χ0n) is 10.2. The Morgan fingerprint density at radius 3 is 2.82 bits per heavy atom. The van der Waals surface area contributed by atoms with Crippen molar-refractivity contribution in [3.63, 3.8) is 0 Å². The van der Waals surface area contributed by atoms with Gasteiger partial charge < -0.3 is 20.5 Å². The molecule has 0 saturated heterocycles. The van der Waals surface area contributed by atoms with Crippen molar-refractivity contribution >= 4 is 17.3 Å². The molecular weight excluding hydrogens is 220 g/mol. The van der Waals surface area contributed by atoms with E-state index in [2.05, 4.69) is 5.32 Å². The first-order valence-electron chi connectivity index (χ1n) is 5.48. The first kappa shape index (κ1) is 13.3. The molecule has 1 amide bonds. The van der Waals surface area contributed by atoms with E-state index in [1.54, 1.807) is 25.3 Å². The second kappa shape index (κ2) is 6.75. The average molecular weight is 238 g/mol. The topological polar surface area (TPSA) is 73.6 Å². The van der Waals surface area contributed by atoms with Crippen molar-refractivity contribution in [2.45, 2.75) is 13.3 Å². The van der Waals surface area contributed by atoms with Crippen LogP contribution in [-0.4, -0.2) is 26.2 Å². The third-order valence-electron chi connectivity index (χ3n) is 2.19. The minimum absolute atomic E-state index is 0.0944. The summed E-state index contributed by atoms with van der Waals surface area (Å²) in [4.78, 5) is 11.5. The molecule has 0 fully saturated rings. The fourth-order valence-electron chi connectivity index (χ4n) is 1.34. The van der Waals surface area contributed by atoms with Crippen LogP contribution in [0, 0.1) is 0 Å². The predicted octanol–water partition coefficient (Wildman–Crippen LogP) is 1.64. The molecular formula is C12H18N2O3. The third-order valence-corrected chi connectivity index (χ3v) is 2.19. The maximum atomic E-state index is 11.5. The second-order valence-electron chi connectivity index (χ2n) is 3.45. The highest BCUT2D eigenvalue weighted by molar-refractivity contribution is 5.91. The summed E-state index contributed by atoms with van der Waals surface area (Å²) >= 11 is 0. The maximum Gasteiger partial charge on any atom is 0.226 e. The Morgan fingerprint density at radius 2 is 2.24 bits per heavy atom. The van der Waals surface area contributed by atoms with E-state index >= 15 is 0 Å². The largest absolute Gasteiger partial charge is 0.495 e. The van der Waals surface area contributed by atoms with Gasteiger partial charge in [-0.05, 0) is 25.1 Å². The van der Waals surface area contributed by atoms with Crippen molar-refractivity contribution in [1.29, 1.82) is 0 Å². The molecule has 0 aromatic heterocycles. The molecule has 5 heteroatoms. The van der Waals surface area contributed by atoms with Crippen molar-refractivity contribution in [2.24, 2.45) is 0 Å². The average Bonchev–Trinajstić information content (AvgIpc) is 2.29. The Labute approximate surface area is 101 Å². The van der Waals surface area contributed by atoms with Crippen LogP contribution in [0.3, 0.4) is 0 Å². The van der Waals surface area contributed by atoms with Gasteiger partial charge in [-0.3, -0.25) is 4.79 Å². The zero-order chi connectivity index (χ0) is 12.7. The number of anilines is 2. The predicted molar refractivity (Wildman–Crippen MR) is 67.1 cm³/mol. The Kier molecular flexibility index (Phi) is 5.29. The maximum absolute atomic E-state index is 11.5. The summed E-state index contributed by atoms with van der Waals surface area (Å²) in [6.07, 6.45) is 0.333. The van der Waals surface area contributed by atoms with Crippen molar-refractivity contribution in [3.05, 3.63) is 18.2 Å². The molecule has 5 nitrogen and oxygen atoms in total. The molecule has 1 aromatic rings. The lowest BCUT2D eigenvalue weighted by Gasteiger charge is -2.08. The highest BCUT2D eigenvalue weighted by atomic mass is 16.5. The van der Waals surface area contributed by atoms with Crippen LogP contribution in [0.15, 0.2) is 18.2 Å². The summed E-state index contributed by atoms with van der Waals surface area (Å²) in [5.74, 6) is 0.500. The summed E-state index contributed by atoms with van der Waals surface area (Å²) in [5.41, 5.74) is 6.88. The van der Waals surface area contributed by atoms with Crippen LogP contribution in [0.1, 0.15) is 13.3 Å². The summed E-state index contributed by atoms with van der Waals surface area (Å²) in [5, 5.41) is 2.74. The molecule has 0 radical (unpaired) electrons. The Bertz CT molecular complexity index is 380. The third kappa shape index (κ3) is 4.32. The fourth-order valence-corrected chi connectivity index (χ4v) is 1.34. The monoisotopic (exact) mass is 238 g/mol. The van der Waals surface area contributed by atoms with Crippen LogP contribution in [0.5, 0.6) is 5.75 Å². The summed E-state index contributed by atoms with van der Waals surface area (Å²) in [6.45, 7) is 2.93. The van der Waals surface area contributed by atoms with Gasteiger partial charge in [0.2, 0.25) is 5.91 Å². The molecule has 0 bridgehead atoms.